The van der Waals surface area contributed by atoms with E-state index in [1.807, 2.05) is 38.2 Å². The van der Waals surface area contributed by atoms with Crippen molar-refractivity contribution >= 4 is 16.9 Å². The summed E-state index contributed by atoms with van der Waals surface area (Å²) in [5.74, 6) is 2.47. The van der Waals surface area contributed by atoms with Crippen LogP contribution in [0.15, 0.2) is 24.3 Å². The Kier molecular flexibility index (Phi) is 8.72. The Hall–Kier alpha value is -1.29. The van der Waals surface area contributed by atoms with Gasteiger partial charge >= 0.3 is 23.0 Å². The third-order valence-corrected chi connectivity index (χ3v) is 7.69. The number of rotatable bonds is 2. The molecule has 0 bridgehead atoms. The van der Waals surface area contributed by atoms with E-state index in [0.29, 0.717) is 12.6 Å². The van der Waals surface area contributed by atoms with E-state index in [-0.39, 0.29) is 34.4 Å². The topological polar surface area (TPSA) is 45.3 Å². The van der Waals surface area contributed by atoms with Crippen LogP contribution in [-0.4, -0.2) is 42.1 Å². The number of para-hydroxylation sites is 1. The van der Waals surface area contributed by atoms with Crippen LogP contribution in [0.5, 0.6) is 0 Å². The molecule has 4 aliphatic rings. The van der Waals surface area contributed by atoms with Crippen LogP contribution in [0.25, 0.3) is 10.9 Å². The van der Waals surface area contributed by atoms with Crippen LogP contribution >= 0.6 is 0 Å². The smallest absolute Gasteiger partial charge is 0.468 e. The predicted octanol–water partition coefficient (Wildman–Crippen LogP) is 5.27. The molecule has 0 saturated heterocycles. The number of benzene rings is 1. The van der Waals surface area contributed by atoms with Gasteiger partial charge in [-0.2, -0.15) is 0 Å². The summed E-state index contributed by atoms with van der Waals surface area (Å²) >= 11 is 0. The van der Waals surface area contributed by atoms with Crippen molar-refractivity contribution in [2.24, 2.45) is 5.41 Å². The first kappa shape index (κ1) is 26.8. The van der Waals surface area contributed by atoms with Crippen molar-refractivity contribution in [1.29, 1.82) is 0 Å². The van der Waals surface area contributed by atoms with Crippen LogP contribution in [0.3, 0.4) is 0 Å². The maximum atomic E-state index is 12.9. The molecule has 3 saturated carbocycles. The van der Waals surface area contributed by atoms with E-state index < -0.39 is 0 Å². The maximum absolute atomic E-state index is 12.9. The largest absolute Gasteiger partial charge is 2.00 e. The average molecular weight is 510 g/mol. The second-order valence-corrected chi connectivity index (χ2v) is 10.2. The van der Waals surface area contributed by atoms with E-state index >= 15 is 0 Å². The molecule has 4 nitrogen and oxygen atoms in total. The molecule has 2 atom stereocenters. The zero-order valence-corrected chi connectivity index (χ0v) is 21.8. The van der Waals surface area contributed by atoms with Crippen molar-refractivity contribution in [3.63, 3.8) is 0 Å². The normalized spacial score (nSPS) is 26.7. The molecule has 1 aromatic carbocycles. The third kappa shape index (κ3) is 5.38. The summed E-state index contributed by atoms with van der Waals surface area (Å²) < 4.78 is 5.25. The van der Waals surface area contributed by atoms with Crippen LogP contribution in [0.4, 0.5) is 0 Å². The molecule has 2 heterocycles. The molecular formula is C30H34FeN2O2+2. The monoisotopic (exact) mass is 510 g/mol. The molecule has 5 heteroatoms. The fraction of sp³-hybridized carbons (Fsp3) is 0.367. The first-order valence-electron chi connectivity index (χ1n) is 12.3. The second kappa shape index (κ2) is 11.4. The fourth-order valence-electron chi connectivity index (χ4n) is 6.02. The molecule has 1 aliphatic heterocycles. The van der Waals surface area contributed by atoms with Crippen LogP contribution in [0, 0.1) is 68.6 Å². The van der Waals surface area contributed by atoms with Crippen molar-refractivity contribution in [1.82, 2.24) is 9.88 Å². The molecule has 1 aromatic heterocycles. The van der Waals surface area contributed by atoms with Gasteiger partial charge in [-0.05, 0) is 93.6 Å². The van der Waals surface area contributed by atoms with E-state index in [1.165, 1.54) is 36.3 Å². The number of hydrogen-bond acceptors (Lipinski definition) is 3. The number of methoxy groups -OCH3 is 1. The summed E-state index contributed by atoms with van der Waals surface area (Å²) in [6.45, 7) is 6.38. The quantitative estimate of drug-likeness (QED) is 0.443. The predicted molar refractivity (Wildman–Crippen MR) is 136 cm³/mol. The Morgan fingerprint density at radius 2 is 1.74 bits per heavy atom. The standard InChI is InChI=1S/C25H29N2O2.C5H5.Fe/c1-25(2)13-11-16-7-6-9-17(16)23(25)27-14-12-19-18-8-4-5-10-21(18)26-22(19)20(15-27)24(28)29-3;1-2-4-5-3-1;/h4-10,20,23,26H,11-15H2,1-3H3;1-5H;/q;;+2/t20?,23-;;/m1../s1. The van der Waals surface area contributed by atoms with Crippen LogP contribution < -0.4 is 0 Å². The van der Waals surface area contributed by atoms with Gasteiger partial charge in [0.2, 0.25) is 0 Å². The van der Waals surface area contributed by atoms with Crippen molar-refractivity contribution in [3.8, 4) is 0 Å². The molecule has 35 heavy (non-hydrogen) atoms. The number of aromatic amines is 1. The minimum atomic E-state index is -0.291. The van der Waals surface area contributed by atoms with Gasteiger partial charge in [0.05, 0.1) is 7.11 Å². The molecule has 0 amide bonds. The molecule has 182 valence electrons. The Balaban J connectivity index is 0.000000431. The molecule has 6 rings (SSSR count). The molecule has 0 spiro atoms. The Morgan fingerprint density at radius 3 is 2.46 bits per heavy atom. The number of ether oxygens (including phenoxy) is 1. The number of H-pyrrole nitrogens is 1. The van der Waals surface area contributed by atoms with Gasteiger partial charge in [0.1, 0.15) is 5.92 Å². The summed E-state index contributed by atoms with van der Waals surface area (Å²) in [6.07, 6.45) is 20.0. The number of hydrogen-bond donors (Lipinski definition) is 1. The summed E-state index contributed by atoms with van der Waals surface area (Å²) in [5, 5.41) is 1.23. The zero-order valence-electron chi connectivity index (χ0n) is 20.7. The summed E-state index contributed by atoms with van der Waals surface area (Å²) in [4.78, 5) is 19.0. The van der Waals surface area contributed by atoms with Gasteiger partial charge < -0.3 is 9.72 Å². The molecule has 2 aromatic rings. The van der Waals surface area contributed by atoms with Gasteiger partial charge in [-0.1, -0.05) is 32.0 Å². The minimum absolute atomic E-state index is 0. The first-order chi connectivity index (χ1) is 16.5. The minimum Gasteiger partial charge on any atom is -0.468 e. The summed E-state index contributed by atoms with van der Waals surface area (Å²) in [5.41, 5.74) is 3.59. The molecule has 10 radical (unpaired) electrons. The number of aromatic nitrogens is 1. The van der Waals surface area contributed by atoms with Crippen LogP contribution in [0.1, 0.15) is 43.9 Å². The van der Waals surface area contributed by atoms with Crippen LogP contribution in [-0.2, 0) is 33.0 Å². The SMILES string of the molecule is COC(=O)C1CN([C@@H]2[C]3[CH][CH][CH][C]3CCC2(C)C)CCc2c1[nH]c1ccccc21.[CH]1[CH][CH][CH][CH]1.[Fe+2]. The van der Waals surface area contributed by atoms with Gasteiger partial charge in [0, 0.05) is 41.6 Å². The van der Waals surface area contributed by atoms with Gasteiger partial charge in [-0.25, -0.2) is 0 Å². The number of carbonyl (C=O) groups excluding carboxylic acids is 1. The Morgan fingerprint density at radius 1 is 1.03 bits per heavy atom. The first-order valence-corrected chi connectivity index (χ1v) is 12.3. The van der Waals surface area contributed by atoms with Gasteiger partial charge in [-0.3, -0.25) is 9.69 Å². The number of carbonyl (C=O) groups is 1. The molecule has 3 fully saturated rings. The molecular weight excluding hydrogens is 476 g/mol. The number of esters is 1. The zero-order chi connectivity index (χ0) is 23.7. The summed E-state index contributed by atoms with van der Waals surface area (Å²) in [6, 6.07) is 8.69. The Bertz CT molecular complexity index is 988. The molecule has 3 aliphatic carbocycles. The van der Waals surface area contributed by atoms with Crippen molar-refractivity contribution in [3.05, 3.63) is 98.7 Å². The molecule has 1 N–H and O–H groups in total. The summed E-state index contributed by atoms with van der Waals surface area (Å²) in [7, 11) is 1.50. The van der Waals surface area contributed by atoms with Crippen LogP contribution in [0.2, 0.25) is 0 Å². The van der Waals surface area contributed by atoms with E-state index in [4.69, 9.17) is 4.74 Å². The number of fused-ring (bicyclic) bond motifs is 4. The average Bonchev–Trinajstić information content (AvgIpc) is 3.59. The number of nitrogens with zero attached hydrogens (tertiary/aromatic N) is 1. The number of nitrogens with one attached hydrogen (secondary N) is 1. The van der Waals surface area contributed by atoms with Crippen molar-refractivity contribution < 1.29 is 26.6 Å². The van der Waals surface area contributed by atoms with Gasteiger partial charge in [0.25, 0.3) is 0 Å². The van der Waals surface area contributed by atoms with E-state index in [2.05, 4.69) is 61.2 Å². The fourth-order valence-corrected chi connectivity index (χ4v) is 6.02. The second-order valence-electron chi connectivity index (χ2n) is 10.2. The van der Waals surface area contributed by atoms with Gasteiger partial charge in [-0.15, -0.1) is 0 Å². The van der Waals surface area contributed by atoms with Gasteiger partial charge in [0.15, 0.2) is 0 Å². The third-order valence-electron chi connectivity index (χ3n) is 7.69. The van der Waals surface area contributed by atoms with E-state index in [9.17, 15) is 4.79 Å². The van der Waals surface area contributed by atoms with E-state index in [1.54, 1.807) is 0 Å². The Labute approximate surface area is 222 Å². The van der Waals surface area contributed by atoms with Crippen molar-refractivity contribution in [2.75, 3.05) is 20.2 Å². The maximum Gasteiger partial charge on any atom is 2.00 e. The van der Waals surface area contributed by atoms with E-state index in [0.717, 1.165) is 30.6 Å². The molecule has 1 unspecified atom stereocenters. The van der Waals surface area contributed by atoms with Crippen molar-refractivity contribution in [2.45, 2.75) is 45.1 Å².